The van der Waals surface area contributed by atoms with Crippen molar-refractivity contribution in [1.29, 1.82) is 0 Å². The molecule has 0 fully saturated rings. The van der Waals surface area contributed by atoms with Gasteiger partial charge in [0.2, 0.25) is 0 Å². The summed E-state index contributed by atoms with van der Waals surface area (Å²) in [6.45, 7) is 2.27. The first-order valence-electron chi connectivity index (χ1n) is 12.3. The van der Waals surface area contributed by atoms with E-state index in [2.05, 4.69) is 6.92 Å². The van der Waals surface area contributed by atoms with Crippen LogP contribution in [0.4, 0.5) is 0 Å². The number of carbonyl (C=O) groups is 1. The topological polar surface area (TPSA) is 66.8 Å². The fourth-order valence-electron chi connectivity index (χ4n) is 4.07. The van der Waals surface area contributed by atoms with Crippen molar-refractivity contribution >= 4 is 5.97 Å². The van der Waals surface area contributed by atoms with Gasteiger partial charge in [-0.25, -0.2) is 4.79 Å². The molecule has 1 heterocycles. The van der Waals surface area contributed by atoms with E-state index in [1.807, 2.05) is 6.08 Å². The predicted octanol–water partition coefficient (Wildman–Crippen LogP) is 6.23. The summed E-state index contributed by atoms with van der Waals surface area (Å²) >= 11 is 0. The highest BCUT2D eigenvalue weighted by atomic mass is 16.5. The van der Waals surface area contributed by atoms with Crippen molar-refractivity contribution in [1.82, 2.24) is 0 Å². The Balaban J connectivity index is 1.85. The highest BCUT2D eigenvalue weighted by molar-refractivity contribution is 5.82. The number of ether oxygens (including phenoxy) is 1. The molecule has 0 unspecified atom stereocenters. The summed E-state index contributed by atoms with van der Waals surface area (Å²) in [5, 5.41) is 20.2. The third-order valence-corrected chi connectivity index (χ3v) is 5.94. The molecule has 0 aromatic carbocycles. The van der Waals surface area contributed by atoms with Crippen LogP contribution in [0, 0.1) is 0 Å². The van der Waals surface area contributed by atoms with Crippen molar-refractivity contribution in [3.05, 3.63) is 12.2 Å². The summed E-state index contributed by atoms with van der Waals surface area (Å²) in [5.74, 6) is -0.293. The van der Waals surface area contributed by atoms with Crippen molar-refractivity contribution in [2.45, 2.75) is 141 Å². The lowest BCUT2D eigenvalue weighted by Crippen LogP contribution is -2.23. The van der Waals surface area contributed by atoms with E-state index in [-0.39, 0.29) is 12.1 Å². The van der Waals surface area contributed by atoms with E-state index in [4.69, 9.17) is 4.74 Å². The Kier molecular flexibility index (Phi) is 16.2. The molecule has 29 heavy (non-hydrogen) atoms. The van der Waals surface area contributed by atoms with E-state index < -0.39 is 12.2 Å². The second kappa shape index (κ2) is 17.9. The van der Waals surface area contributed by atoms with Crippen molar-refractivity contribution in [3.63, 3.8) is 0 Å². The first kappa shape index (κ1) is 26.2. The van der Waals surface area contributed by atoms with Crippen LogP contribution in [-0.2, 0) is 9.53 Å². The van der Waals surface area contributed by atoms with E-state index in [9.17, 15) is 15.0 Å². The maximum absolute atomic E-state index is 11.2. The summed E-state index contributed by atoms with van der Waals surface area (Å²) < 4.78 is 5.20. The summed E-state index contributed by atoms with van der Waals surface area (Å²) in [7, 11) is 0. The highest BCUT2D eigenvalue weighted by Crippen LogP contribution is 2.18. The molecule has 1 aliphatic heterocycles. The van der Waals surface area contributed by atoms with Gasteiger partial charge in [0.25, 0.3) is 0 Å². The summed E-state index contributed by atoms with van der Waals surface area (Å²) in [6, 6.07) is 0. The molecule has 0 aromatic heterocycles. The van der Waals surface area contributed by atoms with Gasteiger partial charge in [-0.1, -0.05) is 96.5 Å². The molecular formula is C25H46O4. The number of unbranched alkanes of at least 4 members (excludes halogenated alkanes) is 12. The maximum Gasteiger partial charge on any atom is 0.330 e. The van der Waals surface area contributed by atoms with E-state index in [1.54, 1.807) is 0 Å². The summed E-state index contributed by atoms with van der Waals surface area (Å²) in [5.41, 5.74) is 0. The van der Waals surface area contributed by atoms with E-state index in [0.717, 1.165) is 19.3 Å². The van der Waals surface area contributed by atoms with Crippen LogP contribution in [-0.4, -0.2) is 34.5 Å². The minimum Gasteiger partial charge on any atom is -0.459 e. The first-order valence-corrected chi connectivity index (χ1v) is 12.3. The van der Waals surface area contributed by atoms with Crippen LogP contribution in [0.15, 0.2) is 12.2 Å². The third-order valence-electron chi connectivity index (χ3n) is 5.94. The second-order valence-electron chi connectivity index (χ2n) is 8.85. The number of aliphatic hydroxyl groups excluding tert-OH is 2. The van der Waals surface area contributed by atoms with Crippen LogP contribution in [0.2, 0.25) is 0 Å². The monoisotopic (exact) mass is 410 g/mol. The number of aliphatic hydroxyl groups is 2. The lowest BCUT2D eigenvalue weighted by Gasteiger charge is -2.21. The zero-order valence-corrected chi connectivity index (χ0v) is 18.8. The fourth-order valence-corrected chi connectivity index (χ4v) is 4.07. The van der Waals surface area contributed by atoms with Gasteiger partial charge in [-0.05, 0) is 25.7 Å². The van der Waals surface area contributed by atoms with Crippen molar-refractivity contribution in [2.75, 3.05) is 0 Å². The second-order valence-corrected chi connectivity index (χ2v) is 8.85. The first-order chi connectivity index (χ1) is 14.1. The molecule has 4 heteroatoms. The molecule has 0 radical (unpaired) electrons. The lowest BCUT2D eigenvalue weighted by molar-refractivity contribution is -0.144. The molecule has 1 rings (SSSR count). The highest BCUT2D eigenvalue weighted by Gasteiger charge is 2.18. The Hall–Kier alpha value is -0.870. The van der Waals surface area contributed by atoms with Crippen molar-refractivity contribution in [3.8, 4) is 0 Å². The number of hydrogen-bond donors (Lipinski definition) is 2. The molecular weight excluding hydrogens is 364 g/mol. The molecule has 170 valence electrons. The van der Waals surface area contributed by atoms with E-state index in [1.165, 1.54) is 83.1 Å². The van der Waals surface area contributed by atoms with Gasteiger partial charge in [0, 0.05) is 12.5 Å². The quantitative estimate of drug-likeness (QED) is 0.196. The minimum absolute atomic E-state index is 0.125. The molecule has 0 amide bonds. The van der Waals surface area contributed by atoms with Crippen LogP contribution < -0.4 is 0 Å². The Labute approximate surface area is 179 Å². The van der Waals surface area contributed by atoms with Gasteiger partial charge in [-0.3, -0.25) is 0 Å². The van der Waals surface area contributed by atoms with Crippen LogP contribution in [0.1, 0.15) is 122 Å². The maximum atomic E-state index is 11.2. The van der Waals surface area contributed by atoms with Crippen molar-refractivity contribution in [2.24, 2.45) is 0 Å². The molecule has 3 atom stereocenters. The SMILES string of the molecule is CCCCCCCCCCCCCCC[C@H](O)C[C@H](O)CC[C@H]1CC=CC(=O)O1. The Morgan fingerprint density at radius 1 is 0.862 bits per heavy atom. The van der Waals surface area contributed by atoms with Gasteiger partial charge in [0.1, 0.15) is 6.10 Å². The smallest absolute Gasteiger partial charge is 0.330 e. The van der Waals surface area contributed by atoms with Crippen LogP contribution >= 0.6 is 0 Å². The van der Waals surface area contributed by atoms with Gasteiger partial charge in [-0.15, -0.1) is 0 Å². The molecule has 1 aliphatic rings. The Morgan fingerprint density at radius 2 is 1.38 bits per heavy atom. The van der Waals surface area contributed by atoms with Crippen LogP contribution in [0.25, 0.3) is 0 Å². The van der Waals surface area contributed by atoms with Crippen LogP contribution in [0.5, 0.6) is 0 Å². The van der Waals surface area contributed by atoms with Gasteiger partial charge >= 0.3 is 5.97 Å². The number of carbonyl (C=O) groups excluding carboxylic acids is 1. The van der Waals surface area contributed by atoms with Gasteiger partial charge < -0.3 is 14.9 Å². The van der Waals surface area contributed by atoms with Gasteiger partial charge in [0.15, 0.2) is 0 Å². The van der Waals surface area contributed by atoms with E-state index >= 15 is 0 Å². The number of esters is 1. The number of rotatable bonds is 19. The molecule has 0 aliphatic carbocycles. The molecule has 0 saturated carbocycles. The number of hydrogen-bond acceptors (Lipinski definition) is 4. The lowest BCUT2D eigenvalue weighted by atomic mass is 9.99. The molecule has 0 aromatic rings. The van der Waals surface area contributed by atoms with E-state index in [0.29, 0.717) is 19.3 Å². The minimum atomic E-state index is -0.517. The third kappa shape index (κ3) is 15.6. The summed E-state index contributed by atoms with van der Waals surface area (Å²) in [4.78, 5) is 11.2. The summed E-state index contributed by atoms with van der Waals surface area (Å²) in [6.07, 6.45) is 22.6. The zero-order chi connectivity index (χ0) is 21.2. The Morgan fingerprint density at radius 3 is 1.93 bits per heavy atom. The predicted molar refractivity (Wildman–Crippen MR) is 120 cm³/mol. The van der Waals surface area contributed by atoms with Gasteiger partial charge in [-0.2, -0.15) is 0 Å². The molecule has 0 saturated heterocycles. The molecule has 0 spiro atoms. The normalized spacial score (nSPS) is 18.6. The standard InChI is InChI=1S/C25H46O4/c1-2-3-4-5-6-7-8-9-10-11-12-13-14-16-22(26)21-23(27)19-20-24-17-15-18-25(28)29-24/h15,18,22-24,26-27H,2-14,16-17,19-21H2,1H3/t22-,23+,24+/m0/s1. The largest absolute Gasteiger partial charge is 0.459 e. The van der Waals surface area contributed by atoms with Gasteiger partial charge in [0.05, 0.1) is 12.2 Å². The zero-order valence-electron chi connectivity index (χ0n) is 18.8. The average Bonchev–Trinajstić information content (AvgIpc) is 2.70. The molecule has 4 nitrogen and oxygen atoms in total. The molecule has 2 N–H and O–H groups in total. The molecule has 0 bridgehead atoms. The fraction of sp³-hybridized carbons (Fsp3) is 0.880. The Bertz CT molecular complexity index is 421. The van der Waals surface area contributed by atoms with Crippen LogP contribution in [0.3, 0.4) is 0 Å². The average molecular weight is 411 g/mol. The van der Waals surface area contributed by atoms with Crippen molar-refractivity contribution < 1.29 is 19.7 Å². The number of cyclic esters (lactones) is 1.